The van der Waals surface area contributed by atoms with Gasteiger partial charge >= 0.3 is 5.97 Å². The van der Waals surface area contributed by atoms with E-state index >= 15 is 0 Å². The quantitative estimate of drug-likeness (QED) is 0.934. The highest BCUT2D eigenvalue weighted by Gasteiger charge is 2.29. The molecule has 1 aromatic carbocycles. The molecule has 6 nitrogen and oxygen atoms in total. The highest BCUT2D eigenvalue weighted by Crippen LogP contribution is 2.22. The van der Waals surface area contributed by atoms with Gasteiger partial charge in [-0.15, -0.1) is 0 Å². The number of aromatic carboxylic acids is 1. The zero-order valence-electron chi connectivity index (χ0n) is 13.0. The van der Waals surface area contributed by atoms with Gasteiger partial charge in [0.05, 0.1) is 0 Å². The lowest BCUT2D eigenvalue weighted by atomic mass is 9.99. The fourth-order valence-electron chi connectivity index (χ4n) is 3.07. The van der Waals surface area contributed by atoms with Crippen molar-refractivity contribution >= 4 is 11.9 Å². The third kappa shape index (κ3) is 3.26. The molecule has 2 heterocycles. The molecule has 0 bridgehead atoms. The van der Waals surface area contributed by atoms with E-state index in [1.54, 1.807) is 11.9 Å². The minimum Gasteiger partial charge on any atom is -0.476 e. The van der Waals surface area contributed by atoms with E-state index in [0.29, 0.717) is 24.7 Å². The second kappa shape index (κ2) is 6.24. The van der Waals surface area contributed by atoms with Gasteiger partial charge < -0.3 is 10.0 Å². The summed E-state index contributed by atoms with van der Waals surface area (Å²) in [4.78, 5) is 25.3. The van der Waals surface area contributed by atoms with Gasteiger partial charge in [-0.2, -0.15) is 5.10 Å². The molecule has 0 aliphatic carbocycles. The van der Waals surface area contributed by atoms with Crippen molar-refractivity contribution in [3.8, 4) is 0 Å². The Bertz CT molecular complexity index is 724. The van der Waals surface area contributed by atoms with E-state index in [9.17, 15) is 9.59 Å². The predicted molar refractivity (Wildman–Crippen MR) is 84.3 cm³/mol. The third-order valence-corrected chi connectivity index (χ3v) is 4.26. The Morgan fingerprint density at radius 3 is 2.70 bits per heavy atom. The van der Waals surface area contributed by atoms with Crippen molar-refractivity contribution in [3.05, 3.63) is 53.3 Å². The topological polar surface area (TPSA) is 75.4 Å². The standard InChI is InChI=1S/C17H19N3O3/c1-19-15(10-14(18-19)17(22)23)16(21)20-8-7-13(11-20)9-12-5-3-2-4-6-12/h2-6,10,13H,7-9,11H2,1H3,(H,22,23). The second-order valence-electron chi connectivity index (χ2n) is 5.94. The van der Waals surface area contributed by atoms with Crippen LogP contribution in [-0.4, -0.2) is 44.8 Å². The largest absolute Gasteiger partial charge is 0.476 e. The number of rotatable bonds is 4. The first kappa shape index (κ1) is 15.3. The molecule has 1 N–H and O–H groups in total. The van der Waals surface area contributed by atoms with Crippen LogP contribution in [0.15, 0.2) is 36.4 Å². The van der Waals surface area contributed by atoms with Gasteiger partial charge in [-0.1, -0.05) is 30.3 Å². The van der Waals surface area contributed by atoms with Crippen LogP contribution in [0.5, 0.6) is 0 Å². The van der Waals surface area contributed by atoms with E-state index in [0.717, 1.165) is 12.8 Å². The molecule has 1 aliphatic rings. The van der Waals surface area contributed by atoms with Crippen molar-refractivity contribution in [1.29, 1.82) is 0 Å². The van der Waals surface area contributed by atoms with Gasteiger partial charge in [-0.25, -0.2) is 4.79 Å². The van der Waals surface area contributed by atoms with Crippen molar-refractivity contribution in [2.45, 2.75) is 12.8 Å². The minimum absolute atomic E-state index is 0.101. The van der Waals surface area contributed by atoms with Gasteiger partial charge in [-0.05, 0) is 24.3 Å². The molecule has 2 aromatic rings. The Morgan fingerprint density at radius 1 is 1.30 bits per heavy atom. The normalized spacial score (nSPS) is 17.4. The van der Waals surface area contributed by atoms with Gasteiger partial charge in [0.25, 0.3) is 5.91 Å². The van der Waals surface area contributed by atoms with E-state index in [-0.39, 0.29) is 11.6 Å². The Labute approximate surface area is 134 Å². The number of aromatic nitrogens is 2. The van der Waals surface area contributed by atoms with Crippen LogP contribution in [-0.2, 0) is 13.5 Å². The predicted octanol–water partition coefficient (Wildman–Crippen LogP) is 1.82. The number of carboxylic acid groups (broad SMARTS) is 1. The summed E-state index contributed by atoms with van der Waals surface area (Å²) in [6, 6.07) is 11.6. The first-order valence-corrected chi connectivity index (χ1v) is 7.65. The second-order valence-corrected chi connectivity index (χ2v) is 5.94. The monoisotopic (exact) mass is 313 g/mol. The number of hydrogen-bond acceptors (Lipinski definition) is 3. The van der Waals surface area contributed by atoms with Crippen LogP contribution >= 0.6 is 0 Å². The smallest absolute Gasteiger partial charge is 0.356 e. The van der Waals surface area contributed by atoms with Gasteiger partial charge in [0.15, 0.2) is 5.69 Å². The first-order chi connectivity index (χ1) is 11.0. The molecule has 3 rings (SSSR count). The summed E-state index contributed by atoms with van der Waals surface area (Å²) >= 11 is 0. The molecule has 1 saturated heterocycles. The zero-order valence-corrected chi connectivity index (χ0v) is 13.0. The van der Waals surface area contributed by atoms with Crippen LogP contribution in [0.2, 0.25) is 0 Å². The van der Waals surface area contributed by atoms with Gasteiger partial charge in [0.1, 0.15) is 5.69 Å². The molecule has 1 unspecified atom stereocenters. The molecule has 120 valence electrons. The summed E-state index contributed by atoms with van der Waals surface area (Å²) in [7, 11) is 1.59. The molecule has 1 atom stereocenters. The number of hydrogen-bond donors (Lipinski definition) is 1. The van der Waals surface area contributed by atoms with E-state index in [4.69, 9.17) is 5.11 Å². The molecule has 1 fully saturated rings. The van der Waals surface area contributed by atoms with Crippen molar-refractivity contribution < 1.29 is 14.7 Å². The number of carbonyl (C=O) groups is 2. The van der Waals surface area contributed by atoms with E-state index in [1.807, 2.05) is 18.2 Å². The maximum absolute atomic E-state index is 12.6. The molecule has 6 heteroatoms. The van der Waals surface area contributed by atoms with E-state index in [2.05, 4.69) is 17.2 Å². The summed E-state index contributed by atoms with van der Waals surface area (Å²) in [5.41, 5.74) is 1.50. The van der Waals surface area contributed by atoms with Gasteiger partial charge in [0.2, 0.25) is 0 Å². The summed E-state index contributed by atoms with van der Waals surface area (Å²) in [5, 5.41) is 12.8. The lowest BCUT2D eigenvalue weighted by Gasteiger charge is -2.16. The van der Waals surface area contributed by atoms with Crippen LogP contribution in [0.25, 0.3) is 0 Å². The molecular formula is C17H19N3O3. The van der Waals surface area contributed by atoms with Crippen molar-refractivity contribution in [2.24, 2.45) is 13.0 Å². The number of nitrogens with zero attached hydrogens (tertiary/aromatic N) is 3. The summed E-state index contributed by atoms with van der Waals surface area (Å²) in [6.07, 6.45) is 1.92. The Kier molecular flexibility index (Phi) is 4.14. The maximum atomic E-state index is 12.6. The van der Waals surface area contributed by atoms with E-state index in [1.165, 1.54) is 16.3 Å². The van der Waals surface area contributed by atoms with Crippen molar-refractivity contribution in [3.63, 3.8) is 0 Å². The number of amides is 1. The van der Waals surface area contributed by atoms with Gasteiger partial charge in [-0.3, -0.25) is 9.48 Å². The van der Waals surface area contributed by atoms with E-state index < -0.39 is 5.97 Å². The minimum atomic E-state index is -1.12. The summed E-state index contributed by atoms with van der Waals surface area (Å²) in [5.74, 6) is -0.834. The number of carboxylic acids is 1. The molecule has 1 amide bonds. The summed E-state index contributed by atoms with van der Waals surface area (Å²) < 4.78 is 1.34. The van der Waals surface area contributed by atoms with Crippen molar-refractivity contribution in [1.82, 2.24) is 14.7 Å². The average molecular weight is 313 g/mol. The van der Waals surface area contributed by atoms with Crippen molar-refractivity contribution in [2.75, 3.05) is 13.1 Å². The lowest BCUT2D eigenvalue weighted by molar-refractivity contribution is 0.0689. The fourth-order valence-corrected chi connectivity index (χ4v) is 3.07. The Morgan fingerprint density at radius 2 is 2.04 bits per heavy atom. The molecule has 0 spiro atoms. The molecule has 1 aliphatic heterocycles. The number of aryl methyl sites for hydroxylation is 1. The highest BCUT2D eigenvalue weighted by molar-refractivity contribution is 5.95. The van der Waals surface area contributed by atoms with Crippen LogP contribution in [0.1, 0.15) is 33.0 Å². The molecule has 23 heavy (non-hydrogen) atoms. The maximum Gasteiger partial charge on any atom is 0.356 e. The highest BCUT2D eigenvalue weighted by atomic mass is 16.4. The number of carbonyl (C=O) groups excluding carboxylic acids is 1. The van der Waals surface area contributed by atoms with Gasteiger partial charge in [0, 0.05) is 26.2 Å². The zero-order chi connectivity index (χ0) is 16.4. The third-order valence-electron chi connectivity index (χ3n) is 4.26. The first-order valence-electron chi connectivity index (χ1n) is 7.65. The molecule has 1 aromatic heterocycles. The summed E-state index contributed by atoms with van der Waals surface area (Å²) in [6.45, 7) is 1.39. The van der Waals surface area contributed by atoms with Crippen LogP contribution in [0.3, 0.4) is 0 Å². The van der Waals surface area contributed by atoms with Crippen LogP contribution in [0.4, 0.5) is 0 Å². The van der Waals surface area contributed by atoms with Crippen LogP contribution in [0, 0.1) is 5.92 Å². The lowest BCUT2D eigenvalue weighted by Crippen LogP contribution is -2.30. The average Bonchev–Trinajstić information content (AvgIpc) is 3.14. The molecule has 0 radical (unpaired) electrons. The van der Waals surface area contributed by atoms with Crippen LogP contribution < -0.4 is 0 Å². The fraction of sp³-hybridized carbons (Fsp3) is 0.353. The molecule has 0 saturated carbocycles. The SMILES string of the molecule is Cn1nc(C(=O)O)cc1C(=O)N1CCC(Cc2ccccc2)C1. The Hall–Kier alpha value is -2.63. The molecular weight excluding hydrogens is 294 g/mol. The number of likely N-dealkylation sites (tertiary alicyclic amines) is 1. The number of benzene rings is 1. The Balaban J connectivity index is 1.67.